The molecule has 0 radical (unpaired) electrons. The molecule has 1 amide bonds. The van der Waals surface area contributed by atoms with Crippen molar-refractivity contribution in [3.63, 3.8) is 0 Å². The monoisotopic (exact) mass is 277 g/mol. The van der Waals surface area contributed by atoms with E-state index in [1.54, 1.807) is 12.3 Å². The van der Waals surface area contributed by atoms with Crippen LogP contribution in [0.5, 0.6) is 0 Å². The molecule has 1 saturated heterocycles. The molecule has 0 aliphatic carbocycles. The van der Waals surface area contributed by atoms with Gasteiger partial charge in [0.1, 0.15) is 0 Å². The zero-order valence-corrected chi connectivity index (χ0v) is 12.7. The Kier molecular flexibility index (Phi) is 4.73. The van der Waals surface area contributed by atoms with E-state index < -0.39 is 0 Å². The van der Waals surface area contributed by atoms with Crippen LogP contribution in [-0.4, -0.2) is 63.1 Å². The third kappa shape index (κ3) is 4.02. The lowest BCUT2D eigenvalue weighted by Gasteiger charge is -2.22. The summed E-state index contributed by atoms with van der Waals surface area (Å²) in [6.45, 7) is 3.98. The summed E-state index contributed by atoms with van der Waals surface area (Å²) in [4.78, 5) is 18.8. The van der Waals surface area contributed by atoms with Crippen LogP contribution in [0.4, 0.5) is 5.82 Å². The van der Waals surface area contributed by atoms with E-state index in [0.29, 0.717) is 16.6 Å². The number of hydrogen-bond donors (Lipinski definition) is 1. The summed E-state index contributed by atoms with van der Waals surface area (Å²) in [5.74, 6) is 0.874. The fraction of sp³-hybridized carbons (Fsp3) is 0.600. The smallest absolute Gasteiger partial charge is 0.251 e. The summed E-state index contributed by atoms with van der Waals surface area (Å²) in [5.41, 5.74) is 0.685. The molecular formula is C15H25N4O+. The van der Waals surface area contributed by atoms with Gasteiger partial charge in [0.2, 0.25) is 5.82 Å². The largest absolute Gasteiger partial charge is 0.351 e. The van der Waals surface area contributed by atoms with Crippen molar-refractivity contribution in [1.29, 1.82) is 0 Å². The number of nitrogens with zero attached hydrogens (tertiary/aromatic N) is 3. The van der Waals surface area contributed by atoms with Gasteiger partial charge in [0, 0.05) is 30.9 Å². The molecule has 110 valence electrons. The molecule has 2 rings (SSSR count). The second-order valence-electron chi connectivity index (χ2n) is 6.22. The highest BCUT2D eigenvalue weighted by molar-refractivity contribution is 5.94. The first-order valence-electron chi connectivity index (χ1n) is 7.25. The van der Waals surface area contributed by atoms with Crippen LogP contribution < -0.4 is 9.80 Å². The Bertz CT molecular complexity index is 461. The zero-order chi connectivity index (χ0) is 14.6. The molecule has 0 spiro atoms. The van der Waals surface area contributed by atoms with Crippen LogP contribution in [0.25, 0.3) is 0 Å². The minimum Gasteiger partial charge on any atom is -0.351 e. The second kappa shape index (κ2) is 6.33. The molecule has 0 saturated carbocycles. The van der Waals surface area contributed by atoms with Gasteiger partial charge in [-0.3, -0.25) is 9.28 Å². The van der Waals surface area contributed by atoms with E-state index in [1.807, 2.05) is 27.2 Å². The van der Waals surface area contributed by atoms with Gasteiger partial charge in [-0.2, -0.15) is 0 Å². The number of nitrogens with one attached hydrogen (secondary N) is 1. The van der Waals surface area contributed by atoms with E-state index in [9.17, 15) is 4.79 Å². The number of likely N-dealkylation sites (tertiary alicyclic amines) is 1. The van der Waals surface area contributed by atoms with Gasteiger partial charge in [0.15, 0.2) is 0 Å². The minimum atomic E-state index is -0.0127. The van der Waals surface area contributed by atoms with E-state index in [4.69, 9.17) is 0 Å². The zero-order valence-electron chi connectivity index (χ0n) is 12.7. The molecule has 5 heteroatoms. The summed E-state index contributed by atoms with van der Waals surface area (Å²) >= 11 is 0. The predicted molar refractivity (Wildman–Crippen MR) is 81.8 cm³/mol. The number of aromatic nitrogens is 1. The number of amides is 1. The number of quaternary nitrogens is 1. The van der Waals surface area contributed by atoms with E-state index in [0.717, 1.165) is 25.5 Å². The average Bonchev–Trinajstić information content (AvgIpc) is 2.91. The molecule has 2 heterocycles. The lowest BCUT2D eigenvalue weighted by Crippen LogP contribution is -2.36. The Morgan fingerprint density at radius 1 is 1.35 bits per heavy atom. The topological polar surface area (TPSA) is 45.2 Å². The van der Waals surface area contributed by atoms with Crippen LogP contribution in [0.3, 0.4) is 0 Å². The minimum absolute atomic E-state index is 0.0127. The maximum atomic E-state index is 12.1. The molecular weight excluding hydrogens is 252 g/mol. The molecule has 0 bridgehead atoms. The summed E-state index contributed by atoms with van der Waals surface area (Å²) in [6, 6.07) is 3.63. The van der Waals surface area contributed by atoms with Crippen LogP contribution in [-0.2, 0) is 0 Å². The van der Waals surface area contributed by atoms with Crippen LogP contribution in [0.2, 0.25) is 0 Å². The number of carbonyl (C=O) groups excluding carboxylic acids is 1. The van der Waals surface area contributed by atoms with Gasteiger partial charge < -0.3 is 10.2 Å². The van der Waals surface area contributed by atoms with Crippen molar-refractivity contribution in [3.05, 3.63) is 23.9 Å². The highest BCUT2D eigenvalue weighted by atomic mass is 16.1. The van der Waals surface area contributed by atoms with E-state index in [-0.39, 0.29) is 5.91 Å². The van der Waals surface area contributed by atoms with Gasteiger partial charge in [-0.15, -0.1) is 0 Å². The first kappa shape index (κ1) is 14.9. The van der Waals surface area contributed by atoms with Crippen molar-refractivity contribution >= 4 is 11.7 Å². The number of rotatable bonds is 5. The first-order valence-corrected chi connectivity index (χ1v) is 7.25. The lowest BCUT2D eigenvalue weighted by atomic mass is 10.2. The maximum absolute atomic E-state index is 12.1. The van der Waals surface area contributed by atoms with Crippen molar-refractivity contribution in [2.75, 3.05) is 47.3 Å². The average molecular weight is 277 g/mol. The summed E-state index contributed by atoms with van der Waals surface area (Å²) in [5, 5.41) is 2.99. The summed E-state index contributed by atoms with van der Waals surface area (Å²) in [6.07, 6.45) is 4.27. The van der Waals surface area contributed by atoms with Crippen molar-refractivity contribution in [3.8, 4) is 0 Å². The van der Waals surface area contributed by atoms with Gasteiger partial charge in [0.05, 0.1) is 21.1 Å². The molecule has 0 aromatic carbocycles. The summed E-state index contributed by atoms with van der Waals surface area (Å²) in [7, 11) is 6.12. The van der Waals surface area contributed by atoms with Gasteiger partial charge in [-0.1, -0.05) is 0 Å². The third-order valence-electron chi connectivity index (χ3n) is 3.61. The van der Waals surface area contributed by atoms with Crippen LogP contribution >= 0.6 is 0 Å². The fourth-order valence-electron chi connectivity index (χ4n) is 2.36. The van der Waals surface area contributed by atoms with Gasteiger partial charge in [-0.05, 0) is 32.0 Å². The third-order valence-corrected chi connectivity index (χ3v) is 3.61. The number of pyridine rings is 1. The summed E-state index contributed by atoms with van der Waals surface area (Å²) < 4.78 is 0.606. The maximum Gasteiger partial charge on any atom is 0.251 e. The molecule has 1 aromatic rings. The van der Waals surface area contributed by atoms with Crippen molar-refractivity contribution in [2.45, 2.75) is 12.8 Å². The van der Waals surface area contributed by atoms with E-state index >= 15 is 0 Å². The molecule has 0 atom stereocenters. The number of carbonyl (C=O) groups is 1. The van der Waals surface area contributed by atoms with Gasteiger partial charge in [-0.25, -0.2) is 4.98 Å². The first-order chi connectivity index (χ1) is 9.47. The quantitative estimate of drug-likeness (QED) is 0.820. The Balaban J connectivity index is 1.88. The normalized spacial score (nSPS) is 16.4. The number of hydrogen-bond acceptors (Lipinski definition) is 3. The lowest BCUT2D eigenvalue weighted by molar-refractivity contribution is 0.0949. The Labute approximate surface area is 121 Å². The van der Waals surface area contributed by atoms with Crippen molar-refractivity contribution < 1.29 is 4.79 Å². The van der Waals surface area contributed by atoms with Gasteiger partial charge >= 0.3 is 0 Å². The highest BCUT2D eigenvalue weighted by Crippen LogP contribution is 2.14. The SMILES string of the molecule is C[N+](C)(C)c1cc(C(=O)NCCN2CCCC2)ccn1. The molecule has 1 N–H and O–H groups in total. The Morgan fingerprint density at radius 2 is 2.05 bits per heavy atom. The predicted octanol–water partition coefficient (Wildman–Crippen LogP) is 1.10. The van der Waals surface area contributed by atoms with Crippen molar-refractivity contribution in [1.82, 2.24) is 19.7 Å². The van der Waals surface area contributed by atoms with Gasteiger partial charge in [0.25, 0.3) is 5.91 Å². The molecule has 1 fully saturated rings. The second-order valence-corrected chi connectivity index (χ2v) is 6.22. The van der Waals surface area contributed by atoms with E-state index in [2.05, 4.69) is 15.2 Å². The molecule has 1 aliphatic rings. The Morgan fingerprint density at radius 3 is 2.70 bits per heavy atom. The molecule has 1 aromatic heterocycles. The van der Waals surface area contributed by atoms with Crippen LogP contribution in [0.1, 0.15) is 23.2 Å². The highest BCUT2D eigenvalue weighted by Gasteiger charge is 2.17. The molecule has 20 heavy (non-hydrogen) atoms. The fourth-order valence-corrected chi connectivity index (χ4v) is 2.36. The molecule has 1 aliphatic heterocycles. The molecule has 0 unspecified atom stereocenters. The van der Waals surface area contributed by atoms with Crippen LogP contribution in [0.15, 0.2) is 18.3 Å². The Hall–Kier alpha value is -1.46. The standard InChI is InChI=1S/C15H24N4O/c1-19(2,3)14-12-13(6-7-16-14)15(20)17-8-11-18-9-4-5-10-18/h6-7,12H,4-5,8-11H2,1-3H3/p+1. The molecule has 5 nitrogen and oxygen atoms in total. The van der Waals surface area contributed by atoms with Crippen LogP contribution in [0, 0.1) is 0 Å². The van der Waals surface area contributed by atoms with Crippen molar-refractivity contribution in [2.24, 2.45) is 0 Å². The van der Waals surface area contributed by atoms with E-state index in [1.165, 1.54) is 12.8 Å².